The molecule has 7 heteroatoms. The number of benzene rings is 3. The van der Waals surface area contributed by atoms with E-state index in [1.165, 1.54) is 0 Å². The lowest BCUT2D eigenvalue weighted by atomic mass is 10.0. The maximum Gasteiger partial charge on any atom is 0.513 e. The smallest absolute Gasteiger partial charge is 0.434 e. The van der Waals surface area contributed by atoms with E-state index in [0.717, 1.165) is 11.1 Å². The van der Waals surface area contributed by atoms with E-state index in [-0.39, 0.29) is 24.5 Å². The summed E-state index contributed by atoms with van der Waals surface area (Å²) >= 11 is 0. The third kappa shape index (κ3) is 6.26. The first-order valence-corrected chi connectivity index (χ1v) is 11.7. The number of nitrogens with one attached hydrogen (secondary N) is 1. The van der Waals surface area contributed by atoms with Gasteiger partial charge in [0.15, 0.2) is 0 Å². The van der Waals surface area contributed by atoms with Crippen LogP contribution in [0.25, 0.3) is 11.1 Å². The van der Waals surface area contributed by atoms with Gasteiger partial charge in [-0.15, -0.1) is 0 Å². The van der Waals surface area contributed by atoms with Gasteiger partial charge >= 0.3 is 6.16 Å². The lowest BCUT2D eigenvalue weighted by molar-refractivity contribution is 0.0698. The highest BCUT2D eigenvalue weighted by atomic mass is 16.7. The molecule has 0 aliphatic carbocycles. The van der Waals surface area contributed by atoms with Gasteiger partial charge in [0, 0.05) is 30.3 Å². The summed E-state index contributed by atoms with van der Waals surface area (Å²) in [6, 6.07) is 24.0. The van der Waals surface area contributed by atoms with Crippen molar-refractivity contribution in [1.82, 2.24) is 10.2 Å². The monoisotopic (exact) mass is 472 g/mol. The molecule has 0 saturated carbocycles. The number of hydrogen-bond acceptors (Lipinski definition) is 5. The van der Waals surface area contributed by atoms with Crippen LogP contribution in [0.1, 0.15) is 40.5 Å². The highest BCUT2D eigenvalue weighted by molar-refractivity contribution is 5.95. The number of amides is 2. The molecule has 2 amide bonds. The Balaban J connectivity index is 1.26. The van der Waals surface area contributed by atoms with Crippen molar-refractivity contribution in [2.24, 2.45) is 0 Å². The summed E-state index contributed by atoms with van der Waals surface area (Å²) < 4.78 is 9.74. The molecule has 180 valence electrons. The molecule has 0 radical (unpaired) electrons. The summed E-state index contributed by atoms with van der Waals surface area (Å²) in [5.41, 5.74) is 3.32. The van der Waals surface area contributed by atoms with Crippen molar-refractivity contribution in [3.05, 3.63) is 90.0 Å². The number of carbonyl (C=O) groups is 3. The largest absolute Gasteiger partial charge is 0.513 e. The molecule has 4 rings (SSSR count). The quantitative estimate of drug-likeness (QED) is 0.406. The van der Waals surface area contributed by atoms with Crippen LogP contribution in [0.3, 0.4) is 0 Å². The lowest BCUT2D eigenvalue weighted by Gasteiger charge is -2.32. The van der Waals surface area contributed by atoms with E-state index in [4.69, 9.17) is 9.47 Å². The first-order chi connectivity index (χ1) is 17.0. The molecule has 1 N–H and O–H groups in total. The topological polar surface area (TPSA) is 84.9 Å². The molecule has 1 aliphatic rings. The van der Waals surface area contributed by atoms with Crippen molar-refractivity contribution in [2.75, 3.05) is 19.7 Å². The molecule has 3 aromatic rings. The molecular weight excluding hydrogens is 444 g/mol. The Hall–Kier alpha value is -4.13. The zero-order chi connectivity index (χ0) is 24.6. The van der Waals surface area contributed by atoms with Crippen molar-refractivity contribution in [2.45, 2.75) is 25.8 Å². The molecular formula is C28H28N2O5. The van der Waals surface area contributed by atoms with Crippen LogP contribution in [-0.4, -0.2) is 48.6 Å². The normalized spacial score (nSPS) is 13.7. The number of hydrogen-bond donors (Lipinski definition) is 1. The molecule has 1 fully saturated rings. The second-order valence-corrected chi connectivity index (χ2v) is 8.29. The highest BCUT2D eigenvalue weighted by Gasteiger charge is 2.25. The molecule has 1 aliphatic heterocycles. The van der Waals surface area contributed by atoms with E-state index >= 15 is 0 Å². The number of rotatable bonds is 6. The fraction of sp³-hybridized carbons (Fsp3) is 0.250. The number of piperidine rings is 1. The maximum absolute atomic E-state index is 12.9. The van der Waals surface area contributed by atoms with Crippen LogP contribution < -0.4 is 10.1 Å². The SMILES string of the molecule is CCOC(=O)Oc1ccc(C(=O)NC2CCN(C(=O)c3ccc(-c4ccccc4)cc3)CC2)cc1. The molecule has 0 bridgehead atoms. The molecule has 0 atom stereocenters. The molecule has 0 spiro atoms. The zero-order valence-corrected chi connectivity index (χ0v) is 19.6. The molecule has 35 heavy (non-hydrogen) atoms. The van der Waals surface area contributed by atoms with Gasteiger partial charge in [0.2, 0.25) is 0 Å². The molecule has 0 unspecified atom stereocenters. The fourth-order valence-electron chi connectivity index (χ4n) is 4.03. The van der Waals surface area contributed by atoms with Crippen LogP contribution in [0.4, 0.5) is 4.79 Å². The highest BCUT2D eigenvalue weighted by Crippen LogP contribution is 2.21. The maximum atomic E-state index is 12.9. The minimum absolute atomic E-state index is 0.00609. The molecule has 0 aromatic heterocycles. The van der Waals surface area contributed by atoms with Gasteiger partial charge in [-0.05, 0) is 67.3 Å². The number of nitrogens with zero attached hydrogens (tertiary/aromatic N) is 1. The predicted octanol–water partition coefficient (Wildman–Crippen LogP) is 4.92. The average molecular weight is 473 g/mol. The lowest BCUT2D eigenvalue weighted by Crippen LogP contribution is -2.46. The summed E-state index contributed by atoms with van der Waals surface area (Å²) in [5.74, 6) is 0.115. The van der Waals surface area contributed by atoms with Gasteiger partial charge < -0.3 is 19.7 Å². The second-order valence-electron chi connectivity index (χ2n) is 8.29. The van der Waals surface area contributed by atoms with Crippen LogP contribution in [0.15, 0.2) is 78.9 Å². The van der Waals surface area contributed by atoms with E-state index in [1.54, 1.807) is 31.2 Å². The number of likely N-dealkylation sites (tertiary alicyclic amines) is 1. The van der Waals surface area contributed by atoms with E-state index in [0.29, 0.717) is 42.8 Å². The van der Waals surface area contributed by atoms with Gasteiger partial charge in [-0.1, -0.05) is 42.5 Å². The van der Waals surface area contributed by atoms with Crippen molar-refractivity contribution < 1.29 is 23.9 Å². The Labute approximate surface area is 204 Å². The Morgan fingerprint density at radius 1 is 0.829 bits per heavy atom. The molecule has 1 heterocycles. The third-order valence-corrected chi connectivity index (χ3v) is 5.94. The first kappa shape index (κ1) is 24.0. The van der Waals surface area contributed by atoms with E-state index in [2.05, 4.69) is 5.32 Å². The first-order valence-electron chi connectivity index (χ1n) is 11.7. The summed E-state index contributed by atoms with van der Waals surface area (Å²) in [7, 11) is 0. The molecule has 3 aromatic carbocycles. The van der Waals surface area contributed by atoms with Crippen molar-refractivity contribution in [1.29, 1.82) is 0 Å². The van der Waals surface area contributed by atoms with Crippen LogP contribution in [-0.2, 0) is 4.74 Å². The van der Waals surface area contributed by atoms with Gasteiger partial charge in [-0.3, -0.25) is 9.59 Å². The summed E-state index contributed by atoms with van der Waals surface area (Å²) in [4.78, 5) is 38.8. The van der Waals surface area contributed by atoms with Gasteiger partial charge in [-0.2, -0.15) is 0 Å². The standard InChI is InChI=1S/C28H28N2O5/c1-2-34-28(33)35-25-14-12-22(13-15-25)26(31)29-24-16-18-30(19-17-24)27(32)23-10-8-21(9-11-23)20-6-4-3-5-7-20/h3-15,24H,2,16-19H2,1H3,(H,29,31). The van der Waals surface area contributed by atoms with Gasteiger partial charge in [-0.25, -0.2) is 4.79 Å². The molecule has 7 nitrogen and oxygen atoms in total. The number of carbonyl (C=O) groups excluding carboxylic acids is 3. The Morgan fingerprint density at radius 3 is 2.06 bits per heavy atom. The van der Waals surface area contributed by atoms with Crippen LogP contribution in [0, 0.1) is 0 Å². The van der Waals surface area contributed by atoms with E-state index < -0.39 is 6.16 Å². The Morgan fingerprint density at radius 2 is 1.43 bits per heavy atom. The fourth-order valence-corrected chi connectivity index (χ4v) is 4.03. The van der Waals surface area contributed by atoms with Crippen molar-refractivity contribution >= 4 is 18.0 Å². The summed E-state index contributed by atoms with van der Waals surface area (Å²) in [5, 5.41) is 3.03. The zero-order valence-electron chi connectivity index (χ0n) is 19.6. The van der Waals surface area contributed by atoms with E-state index in [9.17, 15) is 14.4 Å². The average Bonchev–Trinajstić information content (AvgIpc) is 2.90. The van der Waals surface area contributed by atoms with Gasteiger partial charge in [0.1, 0.15) is 5.75 Å². The van der Waals surface area contributed by atoms with Gasteiger partial charge in [0.25, 0.3) is 11.8 Å². The van der Waals surface area contributed by atoms with E-state index in [1.807, 2.05) is 59.5 Å². The Kier molecular flexibility index (Phi) is 7.77. The van der Waals surface area contributed by atoms with Crippen LogP contribution in [0.2, 0.25) is 0 Å². The minimum atomic E-state index is -0.779. The van der Waals surface area contributed by atoms with Gasteiger partial charge in [0.05, 0.1) is 6.61 Å². The molecule has 1 saturated heterocycles. The summed E-state index contributed by atoms with van der Waals surface area (Å²) in [6.07, 6.45) is 0.589. The third-order valence-electron chi connectivity index (χ3n) is 5.94. The van der Waals surface area contributed by atoms with Crippen molar-refractivity contribution in [3.63, 3.8) is 0 Å². The summed E-state index contributed by atoms with van der Waals surface area (Å²) in [6.45, 7) is 3.08. The van der Waals surface area contributed by atoms with Crippen LogP contribution in [0.5, 0.6) is 5.75 Å². The van der Waals surface area contributed by atoms with Crippen molar-refractivity contribution in [3.8, 4) is 16.9 Å². The predicted molar refractivity (Wildman–Crippen MR) is 132 cm³/mol. The van der Waals surface area contributed by atoms with Crippen LogP contribution >= 0.6 is 0 Å². The minimum Gasteiger partial charge on any atom is -0.434 e. The second kappa shape index (κ2) is 11.3. The number of ether oxygens (including phenoxy) is 2. The Bertz CT molecular complexity index is 1150.